The zero-order valence-electron chi connectivity index (χ0n) is 7.01. The van der Waals surface area contributed by atoms with Crippen molar-refractivity contribution in [3.8, 4) is 0 Å². The summed E-state index contributed by atoms with van der Waals surface area (Å²) in [6.07, 6.45) is -0.0238. The van der Waals surface area contributed by atoms with Crippen molar-refractivity contribution in [2.24, 2.45) is 5.73 Å². The van der Waals surface area contributed by atoms with Crippen LogP contribution in [0.3, 0.4) is 0 Å². The number of carboxylic acid groups (broad SMARTS) is 1. The van der Waals surface area contributed by atoms with Gasteiger partial charge < -0.3 is 10.8 Å². The number of aliphatic carboxylic acids is 1. The van der Waals surface area contributed by atoms with E-state index < -0.39 is 12.0 Å². The second-order valence-electron chi connectivity index (χ2n) is 2.62. The normalized spacial score (nSPS) is 11.5. The van der Waals surface area contributed by atoms with E-state index in [4.69, 9.17) is 10.8 Å². The molecule has 3 N–H and O–H groups in total. The summed E-state index contributed by atoms with van der Waals surface area (Å²) >= 11 is 0. The van der Waals surface area contributed by atoms with Gasteiger partial charge in [-0.25, -0.2) is 0 Å². The van der Waals surface area contributed by atoms with Gasteiger partial charge in [-0.15, -0.1) is 12.4 Å². The van der Waals surface area contributed by atoms with Crippen molar-refractivity contribution < 1.29 is 9.90 Å². The minimum Gasteiger partial charge on any atom is -0.481 e. The maximum Gasteiger partial charge on any atom is 0.305 e. The average molecular weight is 202 g/mol. The summed E-state index contributed by atoms with van der Waals surface area (Å²) in [5, 5.41) is 8.47. The van der Waals surface area contributed by atoms with Crippen LogP contribution in [0.5, 0.6) is 0 Å². The highest BCUT2D eigenvalue weighted by molar-refractivity contribution is 5.85. The molecule has 0 saturated heterocycles. The molecule has 72 valence electrons. The summed E-state index contributed by atoms with van der Waals surface area (Å²) < 4.78 is 0. The predicted molar refractivity (Wildman–Crippen MR) is 52.9 cm³/mol. The molecule has 0 aliphatic heterocycles. The second kappa shape index (κ2) is 5.56. The molecule has 1 aromatic carbocycles. The van der Waals surface area contributed by atoms with Crippen molar-refractivity contribution in [2.45, 2.75) is 12.5 Å². The minimum atomic E-state index is -0.869. The Morgan fingerprint density at radius 1 is 1.38 bits per heavy atom. The fourth-order valence-electron chi connectivity index (χ4n) is 1.01. The number of rotatable bonds is 3. The van der Waals surface area contributed by atoms with E-state index in [1.54, 1.807) is 0 Å². The Hall–Kier alpha value is -1.06. The number of carboxylic acids is 1. The van der Waals surface area contributed by atoms with E-state index in [-0.39, 0.29) is 18.8 Å². The van der Waals surface area contributed by atoms with Crippen LogP contribution in [-0.2, 0) is 4.79 Å². The second-order valence-corrected chi connectivity index (χ2v) is 2.62. The van der Waals surface area contributed by atoms with Crippen molar-refractivity contribution in [3.63, 3.8) is 0 Å². The molecule has 0 radical (unpaired) electrons. The van der Waals surface area contributed by atoms with Crippen LogP contribution < -0.4 is 5.73 Å². The molecule has 0 spiro atoms. The smallest absolute Gasteiger partial charge is 0.305 e. The van der Waals surface area contributed by atoms with E-state index in [2.05, 4.69) is 0 Å². The van der Waals surface area contributed by atoms with Crippen molar-refractivity contribution >= 4 is 18.4 Å². The maximum atomic E-state index is 10.3. The quantitative estimate of drug-likeness (QED) is 0.781. The molecule has 4 heteroatoms. The van der Waals surface area contributed by atoms with Crippen LogP contribution in [0.2, 0.25) is 0 Å². The Morgan fingerprint density at radius 2 is 1.92 bits per heavy atom. The SMILES string of the molecule is Cl.NC(CC(=O)O)c1ccccc1. The lowest BCUT2D eigenvalue weighted by molar-refractivity contribution is -0.137. The largest absolute Gasteiger partial charge is 0.481 e. The topological polar surface area (TPSA) is 63.3 Å². The third kappa shape index (κ3) is 3.92. The Kier molecular flexibility index (Phi) is 5.11. The Bertz CT molecular complexity index is 264. The van der Waals surface area contributed by atoms with Crippen LogP contribution in [0.15, 0.2) is 30.3 Å². The Morgan fingerprint density at radius 3 is 2.38 bits per heavy atom. The van der Waals surface area contributed by atoms with Gasteiger partial charge in [-0.1, -0.05) is 30.3 Å². The predicted octanol–water partition coefficient (Wildman–Crippen LogP) is 1.58. The highest BCUT2D eigenvalue weighted by Crippen LogP contribution is 2.12. The molecule has 0 aromatic heterocycles. The summed E-state index contributed by atoms with van der Waals surface area (Å²) in [4.78, 5) is 10.3. The summed E-state index contributed by atoms with van der Waals surface area (Å²) in [5.41, 5.74) is 6.48. The number of nitrogens with two attached hydrogens (primary N) is 1. The van der Waals surface area contributed by atoms with Gasteiger partial charge >= 0.3 is 5.97 Å². The van der Waals surface area contributed by atoms with Gasteiger partial charge in [0.05, 0.1) is 6.42 Å². The van der Waals surface area contributed by atoms with Crippen LogP contribution in [0, 0.1) is 0 Å². The van der Waals surface area contributed by atoms with Gasteiger partial charge in [0.25, 0.3) is 0 Å². The van der Waals surface area contributed by atoms with E-state index in [1.165, 1.54) is 0 Å². The van der Waals surface area contributed by atoms with E-state index in [9.17, 15) is 4.79 Å². The van der Waals surface area contributed by atoms with Crippen LogP contribution in [0.25, 0.3) is 0 Å². The number of hydrogen-bond donors (Lipinski definition) is 2. The van der Waals surface area contributed by atoms with Gasteiger partial charge in [-0.2, -0.15) is 0 Å². The average Bonchev–Trinajstić information content (AvgIpc) is 2.05. The molecule has 3 nitrogen and oxygen atoms in total. The first kappa shape index (κ1) is 11.9. The lowest BCUT2D eigenvalue weighted by Gasteiger charge is -2.07. The number of hydrogen-bond acceptors (Lipinski definition) is 2. The van der Waals surface area contributed by atoms with Crippen molar-refractivity contribution in [1.82, 2.24) is 0 Å². The molecule has 1 atom stereocenters. The molecule has 1 aromatic rings. The first-order valence-corrected chi connectivity index (χ1v) is 3.72. The molecule has 1 rings (SSSR count). The van der Waals surface area contributed by atoms with Gasteiger partial charge in [-0.05, 0) is 5.56 Å². The monoisotopic (exact) mass is 201 g/mol. The van der Waals surface area contributed by atoms with Crippen LogP contribution in [0.1, 0.15) is 18.0 Å². The highest BCUT2D eigenvalue weighted by Gasteiger charge is 2.08. The van der Waals surface area contributed by atoms with Gasteiger partial charge in [0.2, 0.25) is 0 Å². The fraction of sp³-hybridized carbons (Fsp3) is 0.222. The van der Waals surface area contributed by atoms with Crippen molar-refractivity contribution in [1.29, 1.82) is 0 Å². The molecule has 13 heavy (non-hydrogen) atoms. The summed E-state index contributed by atoms with van der Waals surface area (Å²) in [6, 6.07) is 8.82. The van der Waals surface area contributed by atoms with Gasteiger partial charge in [0.1, 0.15) is 0 Å². The Labute approximate surface area is 83.0 Å². The highest BCUT2D eigenvalue weighted by atomic mass is 35.5. The Balaban J connectivity index is 0.00000144. The molecule has 0 bridgehead atoms. The number of halogens is 1. The third-order valence-corrected chi connectivity index (χ3v) is 1.62. The molecule has 0 aliphatic rings. The first-order valence-electron chi connectivity index (χ1n) is 3.72. The number of carbonyl (C=O) groups is 1. The van der Waals surface area contributed by atoms with Crippen molar-refractivity contribution in [3.05, 3.63) is 35.9 Å². The minimum absolute atomic E-state index is 0. The van der Waals surface area contributed by atoms with Gasteiger partial charge in [0.15, 0.2) is 0 Å². The lowest BCUT2D eigenvalue weighted by Crippen LogP contribution is -2.14. The van der Waals surface area contributed by atoms with Crippen LogP contribution >= 0.6 is 12.4 Å². The molecular formula is C9H12ClNO2. The van der Waals surface area contributed by atoms with E-state index in [0.717, 1.165) is 5.56 Å². The summed E-state index contributed by atoms with van der Waals surface area (Å²) in [5.74, 6) is -0.869. The molecular weight excluding hydrogens is 190 g/mol. The lowest BCUT2D eigenvalue weighted by atomic mass is 10.1. The molecule has 0 amide bonds. The third-order valence-electron chi connectivity index (χ3n) is 1.62. The van der Waals surface area contributed by atoms with Crippen LogP contribution in [0.4, 0.5) is 0 Å². The summed E-state index contributed by atoms with van der Waals surface area (Å²) in [7, 11) is 0. The standard InChI is InChI=1S/C9H11NO2.ClH/c10-8(6-9(11)12)7-4-2-1-3-5-7;/h1-5,8H,6,10H2,(H,11,12);1H. The first-order chi connectivity index (χ1) is 5.70. The van der Waals surface area contributed by atoms with Crippen molar-refractivity contribution in [2.75, 3.05) is 0 Å². The van der Waals surface area contributed by atoms with E-state index in [1.807, 2.05) is 30.3 Å². The van der Waals surface area contributed by atoms with E-state index >= 15 is 0 Å². The zero-order valence-corrected chi connectivity index (χ0v) is 7.83. The molecule has 0 saturated carbocycles. The van der Waals surface area contributed by atoms with Gasteiger partial charge in [-0.3, -0.25) is 4.79 Å². The fourth-order valence-corrected chi connectivity index (χ4v) is 1.01. The molecule has 0 aliphatic carbocycles. The maximum absolute atomic E-state index is 10.3. The van der Waals surface area contributed by atoms with Gasteiger partial charge in [0, 0.05) is 6.04 Å². The summed E-state index contributed by atoms with van der Waals surface area (Å²) in [6.45, 7) is 0. The molecule has 0 heterocycles. The zero-order chi connectivity index (χ0) is 8.97. The number of benzene rings is 1. The molecule has 1 unspecified atom stereocenters. The van der Waals surface area contributed by atoms with Crippen LogP contribution in [-0.4, -0.2) is 11.1 Å². The van der Waals surface area contributed by atoms with E-state index in [0.29, 0.717) is 0 Å². The molecule has 0 fully saturated rings.